The van der Waals surface area contributed by atoms with Gasteiger partial charge in [0.2, 0.25) is 0 Å². The molecule has 90 valence electrons. The highest BCUT2D eigenvalue weighted by molar-refractivity contribution is 8.14. The first-order valence-corrected chi connectivity index (χ1v) is 7.69. The minimum Gasteiger partial charge on any atom is -0.362 e. The van der Waals surface area contributed by atoms with Crippen molar-refractivity contribution in [2.75, 3.05) is 5.75 Å². The van der Waals surface area contributed by atoms with Crippen LogP contribution in [0.15, 0.2) is 4.99 Å². The summed E-state index contributed by atoms with van der Waals surface area (Å²) in [5.74, 6) is 3.80. The van der Waals surface area contributed by atoms with E-state index in [1.807, 2.05) is 11.8 Å². The average molecular weight is 238 g/mol. The van der Waals surface area contributed by atoms with Gasteiger partial charge in [-0.3, -0.25) is 4.99 Å². The Morgan fingerprint density at radius 1 is 1.19 bits per heavy atom. The summed E-state index contributed by atoms with van der Waals surface area (Å²) in [5.41, 5.74) is 0. The summed E-state index contributed by atoms with van der Waals surface area (Å²) in [4.78, 5) is 4.82. The van der Waals surface area contributed by atoms with Crippen LogP contribution in [0, 0.1) is 17.8 Å². The van der Waals surface area contributed by atoms with E-state index in [9.17, 15) is 0 Å². The second kappa shape index (κ2) is 4.25. The van der Waals surface area contributed by atoms with Crippen LogP contribution in [-0.2, 0) is 0 Å². The minimum absolute atomic E-state index is 0.548. The fraction of sp³-hybridized carbons (Fsp3) is 0.923. The molecule has 1 N–H and O–H groups in total. The monoisotopic (exact) mass is 238 g/mol. The van der Waals surface area contributed by atoms with E-state index in [4.69, 9.17) is 4.99 Å². The third kappa shape index (κ3) is 2.39. The Balaban J connectivity index is 1.59. The lowest BCUT2D eigenvalue weighted by Crippen LogP contribution is -2.36. The summed E-state index contributed by atoms with van der Waals surface area (Å²) < 4.78 is 0. The lowest BCUT2D eigenvalue weighted by atomic mass is 10.1. The molecule has 2 saturated carbocycles. The third-order valence-electron chi connectivity index (χ3n) is 3.99. The topological polar surface area (TPSA) is 24.4 Å². The molecule has 0 aromatic carbocycles. The molecule has 1 aliphatic heterocycles. The lowest BCUT2D eigenvalue weighted by molar-refractivity contribution is 0.481. The van der Waals surface area contributed by atoms with E-state index in [0.29, 0.717) is 12.0 Å². The Morgan fingerprint density at radius 2 is 1.81 bits per heavy atom. The van der Waals surface area contributed by atoms with Crippen molar-refractivity contribution in [2.24, 2.45) is 22.7 Å². The Kier molecular flexibility index (Phi) is 2.90. The Labute approximate surface area is 103 Å². The minimum atomic E-state index is 0.548. The van der Waals surface area contributed by atoms with Crippen LogP contribution in [0.2, 0.25) is 0 Å². The van der Waals surface area contributed by atoms with Gasteiger partial charge in [0.25, 0.3) is 0 Å². The van der Waals surface area contributed by atoms with Crippen molar-refractivity contribution >= 4 is 16.9 Å². The molecule has 0 aromatic rings. The van der Waals surface area contributed by atoms with Crippen molar-refractivity contribution in [2.45, 2.75) is 51.6 Å². The van der Waals surface area contributed by atoms with Gasteiger partial charge in [0.05, 0.1) is 6.04 Å². The summed E-state index contributed by atoms with van der Waals surface area (Å²) in [6, 6.07) is 1.31. The van der Waals surface area contributed by atoms with Gasteiger partial charge in [-0.05, 0) is 43.4 Å². The smallest absolute Gasteiger partial charge is 0.157 e. The molecule has 1 heterocycles. The highest BCUT2D eigenvalue weighted by Crippen LogP contribution is 2.45. The third-order valence-corrected chi connectivity index (χ3v) is 5.00. The highest BCUT2D eigenvalue weighted by Gasteiger charge is 2.42. The molecule has 16 heavy (non-hydrogen) atoms. The van der Waals surface area contributed by atoms with Gasteiger partial charge in [0.15, 0.2) is 5.17 Å². The summed E-state index contributed by atoms with van der Waals surface area (Å²) in [5, 5.41) is 4.98. The first-order chi connectivity index (χ1) is 7.74. The van der Waals surface area contributed by atoms with Crippen LogP contribution >= 0.6 is 11.8 Å². The molecule has 0 saturated heterocycles. The van der Waals surface area contributed by atoms with Crippen molar-refractivity contribution in [3.63, 3.8) is 0 Å². The van der Waals surface area contributed by atoms with Gasteiger partial charge < -0.3 is 5.32 Å². The summed E-state index contributed by atoms with van der Waals surface area (Å²) in [6.07, 6.45) is 5.78. The number of amidine groups is 1. The summed E-state index contributed by atoms with van der Waals surface area (Å²) >= 11 is 1.94. The molecular formula is C13H22N2S. The molecule has 2 aliphatic carbocycles. The molecular weight excluding hydrogens is 216 g/mol. The van der Waals surface area contributed by atoms with Crippen LogP contribution in [-0.4, -0.2) is 23.0 Å². The van der Waals surface area contributed by atoms with Gasteiger partial charge in [-0.25, -0.2) is 0 Å². The van der Waals surface area contributed by atoms with E-state index in [1.165, 1.54) is 36.6 Å². The number of rotatable bonds is 4. The van der Waals surface area contributed by atoms with Crippen molar-refractivity contribution < 1.29 is 0 Å². The molecule has 2 nitrogen and oxygen atoms in total. The van der Waals surface area contributed by atoms with Gasteiger partial charge in [-0.15, -0.1) is 0 Å². The number of aliphatic imine (C=N–C) groups is 1. The summed E-state index contributed by atoms with van der Waals surface area (Å²) in [6.45, 7) is 4.55. The first-order valence-electron chi connectivity index (χ1n) is 6.71. The molecule has 3 heteroatoms. The molecule has 3 aliphatic rings. The molecule has 1 atom stereocenters. The van der Waals surface area contributed by atoms with Crippen LogP contribution in [0.5, 0.6) is 0 Å². The number of nitrogens with one attached hydrogen (secondary N) is 1. The molecule has 3 rings (SSSR count). The van der Waals surface area contributed by atoms with E-state index in [2.05, 4.69) is 19.2 Å². The summed E-state index contributed by atoms with van der Waals surface area (Å²) in [7, 11) is 0. The quantitative estimate of drug-likeness (QED) is 0.814. The largest absolute Gasteiger partial charge is 0.362 e. The Bertz CT molecular complexity index is 280. The van der Waals surface area contributed by atoms with Gasteiger partial charge in [-0.1, -0.05) is 25.6 Å². The van der Waals surface area contributed by atoms with Crippen molar-refractivity contribution in [3.05, 3.63) is 0 Å². The number of nitrogens with zero attached hydrogens (tertiary/aromatic N) is 1. The predicted molar refractivity (Wildman–Crippen MR) is 70.9 cm³/mol. The Morgan fingerprint density at radius 3 is 2.25 bits per heavy atom. The SMILES string of the molecule is CC(C)C1CSC(NC(C2CC2)C2CC2)=N1. The van der Waals surface area contributed by atoms with Gasteiger partial charge in [-0.2, -0.15) is 0 Å². The van der Waals surface area contributed by atoms with E-state index in [0.717, 1.165) is 17.9 Å². The molecule has 0 radical (unpaired) electrons. The van der Waals surface area contributed by atoms with E-state index in [-0.39, 0.29) is 0 Å². The fourth-order valence-electron chi connectivity index (χ4n) is 2.48. The number of hydrogen-bond acceptors (Lipinski definition) is 3. The van der Waals surface area contributed by atoms with E-state index < -0.39 is 0 Å². The van der Waals surface area contributed by atoms with Crippen molar-refractivity contribution in [1.82, 2.24) is 5.32 Å². The maximum atomic E-state index is 4.82. The second-order valence-corrected chi connectivity index (χ2v) is 6.91. The lowest BCUT2D eigenvalue weighted by Gasteiger charge is -2.18. The maximum absolute atomic E-state index is 4.82. The molecule has 0 bridgehead atoms. The first kappa shape index (κ1) is 10.9. The van der Waals surface area contributed by atoms with Crippen LogP contribution in [0.3, 0.4) is 0 Å². The van der Waals surface area contributed by atoms with Crippen LogP contribution in [0.4, 0.5) is 0 Å². The van der Waals surface area contributed by atoms with Crippen LogP contribution in [0.1, 0.15) is 39.5 Å². The zero-order valence-corrected chi connectivity index (χ0v) is 11.1. The van der Waals surface area contributed by atoms with Gasteiger partial charge in [0.1, 0.15) is 0 Å². The zero-order valence-electron chi connectivity index (χ0n) is 10.3. The number of hydrogen-bond donors (Lipinski definition) is 1. The molecule has 0 aromatic heterocycles. The predicted octanol–water partition coefficient (Wildman–Crippen LogP) is 2.89. The van der Waals surface area contributed by atoms with Gasteiger partial charge >= 0.3 is 0 Å². The molecule has 0 amide bonds. The standard InChI is InChI=1S/C13H22N2S/c1-8(2)11-7-16-13(14-11)15-12(9-3-4-9)10-5-6-10/h8-12H,3-7H2,1-2H3,(H,14,15). The van der Waals surface area contributed by atoms with Crippen molar-refractivity contribution in [1.29, 1.82) is 0 Å². The van der Waals surface area contributed by atoms with E-state index in [1.54, 1.807) is 0 Å². The van der Waals surface area contributed by atoms with Crippen LogP contribution < -0.4 is 5.32 Å². The van der Waals surface area contributed by atoms with Crippen molar-refractivity contribution in [3.8, 4) is 0 Å². The molecule has 2 fully saturated rings. The highest BCUT2D eigenvalue weighted by atomic mass is 32.2. The zero-order chi connectivity index (χ0) is 11.1. The molecule has 1 unspecified atom stereocenters. The Hall–Kier alpha value is -0.180. The number of thioether (sulfide) groups is 1. The van der Waals surface area contributed by atoms with E-state index >= 15 is 0 Å². The average Bonchev–Trinajstić information content (AvgIpc) is 3.15. The van der Waals surface area contributed by atoms with Gasteiger partial charge in [0, 0.05) is 11.8 Å². The second-order valence-electron chi connectivity index (χ2n) is 5.90. The maximum Gasteiger partial charge on any atom is 0.157 e. The normalized spacial score (nSPS) is 30.0. The fourth-order valence-corrected chi connectivity index (χ4v) is 3.70. The molecule has 0 spiro atoms. The van der Waals surface area contributed by atoms with Crippen LogP contribution in [0.25, 0.3) is 0 Å².